The molecule has 1 aromatic rings. The third-order valence-electron chi connectivity index (χ3n) is 7.61. The molecule has 0 spiro atoms. The van der Waals surface area contributed by atoms with Crippen molar-refractivity contribution >= 4 is 5.91 Å². The van der Waals surface area contributed by atoms with Gasteiger partial charge in [-0.3, -0.25) is 4.79 Å². The van der Waals surface area contributed by atoms with Gasteiger partial charge in [-0.15, -0.1) is 0 Å². The van der Waals surface area contributed by atoms with E-state index >= 15 is 0 Å². The van der Waals surface area contributed by atoms with Crippen LogP contribution in [-0.2, 0) is 11.3 Å². The second-order valence-corrected chi connectivity index (χ2v) is 9.97. The van der Waals surface area contributed by atoms with Gasteiger partial charge in [-0.1, -0.05) is 19.1 Å². The van der Waals surface area contributed by atoms with Crippen LogP contribution in [-0.4, -0.2) is 30.9 Å². The number of benzene rings is 1. The van der Waals surface area contributed by atoms with Crippen LogP contribution in [0.4, 0.5) is 17.6 Å². The van der Waals surface area contributed by atoms with Gasteiger partial charge in [-0.2, -0.15) is 8.78 Å². The molecule has 0 aromatic heterocycles. The van der Waals surface area contributed by atoms with E-state index in [0.717, 1.165) is 24.2 Å². The van der Waals surface area contributed by atoms with Gasteiger partial charge in [0, 0.05) is 11.6 Å². The Morgan fingerprint density at radius 3 is 2.32 bits per heavy atom. The average molecular weight is 442 g/mol. The lowest BCUT2D eigenvalue weighted by molar-refractivity contribution is -0.168. The second-order valence-electron chi connectivity index (χ2n) is 9.97. The lowest BCUT2D eigenvalue weighted by Gasteiger charge is -2.59. The minimum Gasteiger partial charge on any atom is -0.370 e. The number of carbonyl (C=O) groups is 1. The summed E-state index contributed by atoms with van der Waals surface area (Å²) >= 11 is 0. The van der Waals surface area contributed by atoms with E-state index in [-0.39, 0.29) is 24.0 Å². The molecule has 1 aromatic carbocycles. The van der Waals surface area contributed by atoms with E-state index in [1.54, 1.807) is 24.3 Å². The molecule has 5 rings (SSSR count). The Hall–Kier alpha value is -1.63. The number of hydrogen-bond donors (Lipinski definition) is 1. The summed E-state index contributed by atoms with van der Waals surface area (Å²) in [6.07, 6.45) is 4.74. The maximum atomic E-state index is 13.0. The average Bonchev–Trinajstić information content (AvgIpc) is 2.70. The fourth-order valence-corrected chi connectivity index (χ4v) is 6.70. The standard InChI is InChI=1S/C24H31F4NO2/c1-2-20(23-10-16-6-17(11-23)8-18(7-16)12-23)29-21(30)19-5-3-4-15(9-19)13-31-14-24(27,28)22(25)26/h3-5,9,16-18,20,22H,2,6-8,10-14H2,1H3,(H,29,30). The first kappa shape index (κ1) is 22.6. The van der Waals surface area contributed by atoms with Crippen LogP contribution >= 0.6 is 0 Å². The van der Waals surface area contributed by atoms with Crippen molar-refractivity contribution in [3.05, 3.63) is 35.4 Å². The van der Waals surface area contributed by atoms with Crippen LogP contribution in [0.1, 0.15) is 67.8 Å². The molecule has 0 radical (unpaired) electrons. The summed E-state index contributed by atoms with van der Waals surface area (Å²) in [6.45, 7) is 0.512. The molecule has 4 aliphatic rings. The van der Waals surface area contributed by atoms with Gasteiger partial charge in [-0.05, 0) is 85.8 Å². The molecule has 4 saturated carbocycles. The molecule has 1 unspecified atom stereocenters. The van der Waals surface area contributed by atoms with Gasteiger partial charge in [0.15, 0.2) is 0 Å². The minimum absolute atomic E-state index is 0.123. The number of alkyl halides is 4. The van der Waals surface area contributed by atoms with Gasteiger partial charge in [-0.25, -0.2) is 8.78 Å². The van der Waals surface area contributed by atoms with Gasteiger partial charge in [0.25, 0.3) is 5.91 Å². The molecule has 4 bridgehead atoms. The molecule has 4 aliphatic carbocycles. The maximum Gasteiger partial charge on any atom is 0.330 e. The molecule has 31 heavy (non-hydrogen) atoms. The number of carbonyl (C=O) groups excluding carboxylic acids is 1. The highest BCUT2D eigenvalue weighted by Crippen LogP contribution is 2.61. The van der Waals surface area contributed by atoms with Crippen LogP contribution in [0, 0.1) is 23.2 Å². The van der Waals surface area contributed by atoms with Crippen LogP contribution in [0.15, 0.2) is 24.3 Å². The first-order valence-corrected chi connectivity index (χ1v) is 11.3. The van der Waals surface area contributed by atoms with Crippen molar-refractivity contribution in [1.82, 2.24) is 5.32 Å². The second kappa shape index (κ2) is 8.72. The Morgan fingerprint density at radius 2 is 1.77 bits per heavy atom. The molecule has 4 fully saturated rings. The largest absolute Gasteiger partial charge is 0.370 e. The fraction of sp³-hybridized carbons (Fsp3) is 0.708. The number of nitrogens with one attached hydrogen (secondary N) is 1. The van der Waals surface area contributed by atoms with Crippen LogP contribution in [0.5, 0.6) is 0 Å². The fourth-order valence-electron chi connectivity index (χ4n) is 6.70. The summed E-state index contributed by atoms with van der Waals surface area (Å²) in [5.74, 6) is -1.97. The quantitative estimate of drug-likeness (QED) is 0.490. The molecular weight excluding hydrogens is 410 g/mol. The van der Waals surface area contributed by atoms with Crippen molar-refractivity contribution in [2.75, 3.05) is 6.61 Å². The van der Waals surface area contributed by atoms with Crippen LogP contribution in [0.3, 0.4) is 0 Å². The third kappa shape index (κ3) is 4.76. The first-order valence-electron chi connectivity index (χ1n) is 11.3. The number of rotatable bonds is 9. The van der Waals surface area contributed by atoms with E-state index in [1.807, 2.05) is 0 Å². The zero-order valence-corrected chi connectivity index (χ0v) is 17.9. The highest BCUT2D eigenvalue weighted by Gasteiger charge is 2.54. The summed E-state index contributed by atoms with van der Waals surface area (Å²) in [6, 6.07) is 6.68. The highest BCUT2D eigenvalue weighted by atomic mass is 19.3. The Labute approximate surface area is 180 Å². The molecule has 1 atom stereocenters. The predicted octanol–water partition coefficient (Wildman–Crippen LogP) is 5.83. The van der Waals surface area contributed by atoms with E-state index < -0.39 is 19.0 Å². The normalized spacial score (nSPS) is 30.6. The van der Waals surface area contributed by atoms with Crippen molar-refractivity contribution < 1.29 is 27.1 Å². The van der Waals surface area contributed by atoms with Crippen molar-refractivity contribution in [2.45, 2.75) is 76.9 Å². The van der Waals surface area contributed by atoms with E-state index in [1.165, 1.54) is 38.5 Å². The Kier molecular flexibility index (Phi) is 6.35. The topological polar surface area (TPSA) is 38.3 Å². The van der Waals surface area contributed by atoms with Crippen molar-refractivity contribution in [2.24, 2.45) is 23.2 Å². The van der Waals surface area contributed by atoms with Crippen molar-refractivity contribution in [3.8, 4) is 0 Å². The molecular formula is C24H31F4NO2. The van der Waals surface area contributed by atoms with Crippen molar-refractivity contribution in [1.29, 1.82) is 0 Å². The van der Waals surface area contributed by atoms with Gasteiger partial charge in [0.05, 0.1) is 6.61 Å². The predicted molar refractivity (Wildman–Crippen MR) is 109 cm³/mol. The summed E-state index contributed by atoms with van der Waals surface area (Å²) in [5.41, 5.74) is 1.13. The highest BCUT2D eigenvalue weighted by molar-refractivity contribution is 5.94. The zero-order valence-electron chi connectivity index (χ0n) is 17.9. The maximum absolute atomic E-state index is 13.0. The number of amides is 1. The lowest BCUT2D eigenvalue weighted by atomic mass is 9.47. The third-order valence-corrected chi connectivity index (χ3v) is 7.61. The Morgan fingerprint density at radius 1 is 1.16 bits per heavy atom. The summed E-state index contributed by atoms with van der Waals surface area (Å²) in [4.78, 5) is 13.0. The van der Waals surface area contributed by atoms with E-state index in [2.05, 4.69) is 12.2 Å². The monoisotopic (exact) mass is 441 g/mol. The van der Waals surface area contributed by atoms with Gasteiger partial charge in [0.1, 0.15) is 6.61 Å². The molecule has 0 aliphatic heterocycles. The molecule has 0 saturated heterocycles. The van der Waals surface area contributed by atoms with E-state index in [4.69, 9.17) is 4.74 Å². The zero-order chi connectivity index (χ0) is 22.2. The number of ether oxygens (including phenoxy) is 1. The molecule has 3 nitrogen and oxygen atoms in total. The van der Waals surface area contributed by atoms with Gasteiger partial charge >= 0.3 is 12.3 Å². The van der Waals surface area contributed by atoms with E-state index in [9.17, 15) is 22.4 Å². The van der Waals surface area contributed by atoms with Gasteiger partial charge in [0.2, 0.25) is 0 Å². The Balaban J connectivity index is 1.38. The van der Waals surface area contributed by atoms with Crippen LogP contribution in [0.2, 0.25) is 0 Å². The molecule has 1 N–H and O–H groups in total. The summed E-state index contributed by atoms with van der Waals surface area (Å²) in [7, 11) is 0. The number of hydrogen-bond acceptors (Lipinski definition) is 2. The van der Waals surface area contributed by atoms with Crippen LogP contribution < -0.4 is 5.32 Å². The van der Waals surface area contributed by atoms with Gasteiger partial charge < -0.3 is 10.1 Å². The van der Waals surface area contributed by atoms with Crippen molar-refractivity contribution in [3.63, 3.8) is 0 Å². The molecule has 1 amide bonds. The molecule has 7 heteroatoms. The Bertz CT molecular complexity index is 762. The number of halogens is 4. The minimum atomic E-state index is -4.18. The van der Waals surface area contributed by atoms with Crippen LogP contribution in [0.25, 0.3) is 0 Å². The molecule has 172 valence electrons. The molecule has 0 heterocycles. The lowest BCUT2D eigenvalue weighted by Crippen LogP contribution is -2.56. The summed E-state index contributed by atoms with van der Waals surface area (Å²) in [5, 5.41) is 3.26. The smallest absolute Gasteiger partial charge is 0.330 e. The first-order chi connectivity index (χ1) is 14.7. The van der Waals surface area contributed by atoms with E-state index in [0.29, 0.717) is 11.1 Å². The SMILES string of the molecule is CCC(NC(=O)c1cccc(COCC(F)(F)C(F)F)c1)C12CC3CC(CC(C3)C1)C2. The summed E-state index contributed by atoms with van der Waals surface area (Å²) < 4.78 is 55.3.